The van der Waals surface area contributed by atoms with E-state index in [0.29, 0.717) is 6.61 Å². The van der Waals surface area contributed by atoms with Gasteiger partial charge in [-0.2, -0.15) is 0 Å². The van der Waals surface area contributed by atoms with Gasteiger partial charge < -0.3 is 10.1 Å². The van der Waals surface area contributed by atoms with Gasteiger partial charge >= 0.3 is 5.97 Å². The monoisotopic (exact) mass is 339 g/mol. The van der Waals surface area contributed by atoms with Gasteiger partial charge in [0.15, 0.2) is 0 Å². The van der Waals surface area contributed by atoms with Crippen LogP contribution in [0.1, 0.15) is 40.0 Å². The average molecular weight is 340 g/mol. The zero-order chi connectivity index (χ0) is 14.8. The first-order chi connectivity index (χ1) is 9.43. The molecule has 1 aliphatic rings. The van der Waals surface area contributed by atoms with E-state index in [4.69, 9.17) is 4.74 Å². The van der Waals surface area contributed by atoms with Crippen molar-refractivity contribution in [2.75, 3.05) is 11.9 Å². The third kappa shape index (κ3) is 2.58. The number of carbonyl (C=O) groups excluding carboxylic acids is 1. The fourth-order valence-corrected chi connectivity index (χ4v) is 3.44. The van der Waals surface area contributed by atoms with Crippen molar-refractivity contribution >= 4 is 27.6 Å². The zero-order valence-corrected chi connectivity index (χ0v) is 13.9. The molecule has 0 aliphatic heterocycles. The topological polar surface area (TPSA) is 38.3 Å². The molecule has 3 nitrogen and oxygen atoms in total. The fraction of sp³-hybridized carbons (Fsp3) is 0.562. The lowest BCUT2D eigenvalue weighted by Gasteiger charge is -2.40. The highest BCUT2D eigenvalue weighted by molar-refractivity contribution is 9.10. The maximum Gasteiger partial charge on any atom is 0.332 e. The summed E-state index contributed by atoms with van der Waals surface area (Å²) in [5.74, 6) is -0.141. The minimum absolute atomic E-state index is 0.130. The molecule has 1 aromatic rings. The van der Waals surface area contributed by atoms with Gasteiger partial charge in [0.2, 0.25) is 0 Å². The van der Waals surface area contributed by atoms with E-state index in [1.165, 1.54) is 0 Å². The Morgan fingerprint density at radius 2 is 2.05 bits per heavy atom. The minimum atomic E-state index is -0.646. The van der Waals surface area contributed by atoms with Crippen LogP contribution in [0.4, 0.5) is 5.69 Å². The standard InChI is InChI=1S/C16H22BrNO2/c1-4-20-14(19)16(11-7-10-15(16,2)3)18-13-9-6-5-8-12(13)17/h5-6,8-9,18H,4,7,10-11H2,1-3H3. The molecule has 1 aromatic carbocycles. The summed E-state index contributed by atoms with van der Waals surface area (Å²) >= 11 is 3.54. The minimum Gasteiger partial charge on any atom is -0.464 e. The first-order valence-corrected chi connectivity index (χ1v) is 7.92. The quantitative estimate of drug-likeness (QED) is 0.827. The Labute approximate surface area is 129 Å². The van der Waals surface area contributed by atoms with Crippen molar-refractivity contribution in [1.82, 2.24) is 0 Å². The Bertz CT molecular complexity index is 501. The fourth-order valence-electron chi connectivity index (χ4n) is 3.06. The SMILES string of the molecule is CCOC(=O)C1(Nc2ccccc2Br)CCCC1(C)C. The molecule has 0 saturated heterocycles. The zero-order valence-electron chi connectivity index (χ0n) is 12.3. The van der Waals surface area contributed by atoms with Crippen LogP contribution >= 0.6 is 15.9 Å². The van der Waals surface area contributed by atoms with E-state index in [0.717, 1.165) is 29.4 Å². The molecule has 1 aliphatic carbocycles. The third-order valence-corrected chi connectivity index (χ3v) is 5.05. The number of carbonyl (C=O) groups is 1. The van der Waals surface area contributed by atoms with Gasteiger partial charge in [-0.05, 0) is 59.7 Å². The van der Waals surface area contributed by atoms with Gasteiger partial charge in [-0.1, -0.05) is 26.0 Å². The molecule has 0 spiro atoms. The highest BCUT2D eigenvalue weighted by Crippen LogP contribution is 2.49. The van der Waals surface area contributed by atoms with E-state index < -0.39 is 5.54 Å². The molecular formula is C16H22BrNO2. The third-order valence-electron chi connectivity index (χ3n) is 4.35. The van der Waals surface area contributed by atoms with Crippen molar-refractivity contribution in [1.29, 1.82) is 0 Å². The molecule has 4 heteroatoms. The van der Waals surface area contributed by atoms with E-state index in [2.05, 4.69) is 35.1 Å². The van der Waals surface area contributed by atoms with Gasteiger partial charge in [0.05, 0.1) is 6.61 Å². The average Bonchev–Trinajstić information content (AvgIpc) is 2.69. The van der Waals surface area contributed by atoms with E-state index in [-0.39, 0.29) is 11.4 Å². The van der Waals surface area contributed by atoms with E-state index >= 15 is 0 Å². The molecule has 0 radical (unpaired) electrons. The van der Waals surface area contributed by atoms with Crippen LogP contribution in [0.3, 0.4) is 0 Å². The molecule has 1 atom stereocenters. The number of esters is 1. The Balaban J connectivity index is 2.38. The Hall–Kier alpha value is -1.03. The summed E-state index contributed by atoms with van der Waals surface area (Å²) in [6.07, 6.45) is 2.85. The molecule has 1 saturated carbocycles. The second-order valence-corrected chi connectivity index (χ2v) is 6.82. The number of anilines is 1. The van der Waals surface area contributed by atoms with E-state index in [1.54, 1.807) is 0 Å². The van der Waals surface area contributed by atoms with Crippen molar-refractivity contribution in [2.24, 2.45) is 5.41 Å². The predicted molar refractivity (Wildman–Crippen MR) is 84.8 cm³/mol. The number of rotatable bonds is 4. The van der Waals surface area contributed by atoms with Gasteiger partial charge in [-0.25, -0.2) is 4.79 Å². The Kier molecular flexibility index (Phi) is 4.43. The summed E-state index contributed by atoms with van der Waals surface area (Å²) in [4.78, 5) is 12.6. The molecule has 2 rings (SSSR count). The largest absolute Gasteiger partial charge is 0.464 e. The van der Waals surface area contributed by atoms with Crippen molar-refractivity contribution in [3.8, 4) is 0 Å². The summed E-state index contributed by atoms with van der Waals surface area (Å²) in [6, 6.07) is 7.89. The van der Waals surface area contributed by atoms with Crippen molar-refractivity contribution in [2.45, 2.75) is 45.6 Å². The highest BCUT2D eigenvalue weighted by atomic mass is 79.9. The van der Waals surface area contributed by atoms with Crippen LogP contribution < -0.4 is 5.32 Å². The maximum absolute atomic E-state index is 12.6. The first kappa shape index (κ1) is 15.4. The van der Waals surface area contributed by atoms with Gasteiger partial charge in [0.25, 0.3) is 0 Å². The number of nitrogens with one attached hydrogen (secondary N) is 1. The summed E-state index contributed by atoms with van der Waals surface area (Å²) in [7, 11) is 0. The van der Waals surface area contributed by atoms with Gasteiger partial charge in [-0.15, -0.1) is 0 Å². The molecule has 20 heavy (non-hydrogen) atoms. The van der Waals surface area contributed by atoms with Gasteiger partial charge in [0.1, 0.15) is 5.54 Å². The van der Waals surface area contributed by atoms with Crippen LogP contribution in [-0.2, 0) is 9.53 Å². The number of halogens is 1. The summed E-state index contributed by atoms with van der Waals surface area (Å²) in [6.45, 7) is 6.54. The lowest BCUT2D eigenvalue weighted by atomic mass is 9.74. The van der Waals surface area contributed by atoms with Crippen molar-refractivity contribution in [3.05, 3.63) is 28.7 Å². The summed E-state index contributed by atoms with van der Waals surface area (Å²) in [5, 5.41) is 3.48. The van der Waals surface area contributed by atoms with Crippen LogP contribution in [0.25, 0.3) is 0 Å². The second-order valence-electron chi connectivity index (χ2n) is 5.97. The van der Waals surface area contributed by atoms with Crippen LogP contribution in [0.15, 0.2) is 28.7 Å². The molecule has 0 amide bonds. The normalized spacial score (nSPS) is 24.4. The summed E-state index contributed by atoms with van der Waals surface area (Å²) in [5.41, 5.74) is 0.164. The van der Waals surface area contributed by atoms with Crippen molar-refractivity contribution in [3.63, 3.8) is 0 Å². The van der Waals surface area contributed by atoms with Crippen LogP contribution in [0.5, 0.6) is 0 Å². The Morgan fingerprint density at radius 3 is 2.60 bits per heavy atom. The first-order valence-electron chi connectivity index (χ1n) is 7.13. The van der Waals surface area contributed by atoms with Gasteiger partial charge in [-0.3, -0.25) is 0 Å². The molecule has 0 aromatic heterocycles. The van der Waals surface area contributed by atoms with Crippen LogP contribution in [-0.4, -0.2) is 18.1 Å². The highest BCUT2D eigenvalue weighted by Gasteiger charge is 2.55. The maximum atomic E-state index is 12.6. The molecule has 1 unspecified atom stereocenters. The van der Waals surface area contributed by atoms with E-state index in [9.17, 15) is 4.79 Å². The lowest BCUT2D eigenvalue weighted by molar-refractivity contribution is -0.151. The number of ether oxygens (including phenoxy) is 1. The molecule has 110 valence electrons. The molecule has 0 heterocycles. The smallest absolute Gasteiger partial charge is 0.332 e. The molecular weight excluding hydrogens is 318 g/mol. The van der Waals surface area contributed by atoms with Crippen LogP contribution in [0.2, 0.25) is 0 Å². The van der Waals surface area contributed by atoms with Gasteiger partial charge in [0, 0.05) is 10.2 Å². The predicted octanol–water partition coefficient (Wildman–Crippen LogP) is 4.37. The summed E-state index contributed by atoms with van der Waals surface area (Å²) < 4.78 is 6.32. The van der Waals surface area contributed by atoms with Crippen LogP contribution in [0, 0.1) is 5.41 Å². The number of hydrogen-bond donors (Lipinski definition) is 1. The molecule has 1 N–H and O–H groups in total. The second kappa shape index (κ2) is 5.76. The molecule has 1 fully saturated rings. The van der Waals surface area contributed by atoms with Crippen molar-refractivity contribution < 1.29 is 9.53 Å². The van der Waals surface area contributed by atoms with E-state index in [1.807, 2.05) is 31.2 Å². The lowest BCUT2D eigenvalue weighted by Crippen LogP contribution is -2.54. The number of hydrogen-bond acceptors (Lipinski definition) is 3. The number of benzene rings is 1. The Morgan fingerprint density at radius 1 is 1.35 bits per heavy atom. The molecule has 0 bridgehead atoms. The number of para-hydroxylation sites is 1.